The van der Waals surface area contributed by atoms with Gasteiger partial charge in [0.2, 0.25) is 0 Å². The molecule has 0 aliphatic carbocycles. The summed E-state index contributed by atoms with van der Waals surface area (Å²) in [5, 5.41) is 1.68. The topological polar surface area (TPSA) is 38.9 Å². The summed E-state index contributed by atoms with van der Waals surface area (Å²) >= 11 is 0. The van der Waals surface area contributed by atoms with Crippen molar-refractivity contribution >= 4 is 35.2 Å². The number of benzene rings is 3. The molecule has 0 bridgehead atoms. The number of pyridine rings is 2. The predicted octanol–water partition coefficient (Wildman–Crippen LogP) is 9.56. The first kappa shape index (κ1) is 24.9. The van der Waals surface area contributed by atoms with Gasteiger partial charge >= 0.3 is 0 Å². The van der Waals surface area contributed by atoms with Crippen molar-refractivity contribution in [2.45, 2.75) is 53.1 Å². The van der Waals surface area contributed by atoms with Crippen LogP contribution < -0.4 is 5.19 Å². The fourth-order valence-corrected chi connectivity index (χ4v) is 6.04. The molecular weight excluding hydrogens is 735 g/mol. The summed E-state index contributed by atoms with van der Waals surface area (Å²) in [6.07, 6.45) is 3.38. The molecule has 223 valence electrons. The molecule has 0 atom stereocenters. The summed E-state index contributed by atoms with van der Waals surface area (Å²) in [4.78, 5) is 8.79. The quantitative estimate of drug-likeness (QED) is 0.132. The minimum atomic E-state index is -2.22. The van der Waals surface area contributed by atoms with Crippen molar-refractivity contribution in [3.63, 3.8) is 0 Å². The predicted molar refractivity (Wildman–Crippen MR) is 171 cm³/mol. The van der Waals surface area contributed by atoms with Gasteiger partial charge in [0.25, 0.3) is 0 Å². The molecule has 3 aromatic carbocycles. The van der Waals surface area contributed by atoms with Gasteiger partial charge < -0.3 is 14.4 Å². The van der Waals surface area contributed by atoms with Crippen LogP contribution in [0.2, 0.25) is 19.6 Å². The van der Waals surface area contributed by atoms with Gasteiger partial charge in [-0.05, 0) is 35.4 Å². The van der Waals surface area contributed by atoms with Crippen LogP contribution in [0.5, 0.6) is 0 Å². The summed E-state index contributed by atoms with van der Waals surface area (Å²) in [5.74, 6) is -0.942. The average molecular weight is 775 g/mol. The maximum absolute atomic E-state index is 14.2. The molecule has 43 heavy (non-hydrogen) atoms. The number of nitrogens with zero attached hydrogens (tertiary/aromatic N) is 2. The molecule has 0 aliphatic heterocycles. The first-order valence-corrected chi connectivity index (χ1v) is 17.1. The van der Waals surface area contributed by atoms with Crippen molar-refractivity contribution < 1.29 is 41.5 Å². The van der Waals surface area contributed by atoms with E-state index in [1.165, 1.54) is 18.2 Å². The standard InChI is InChI=1S/C20H14F2NO.C16H20NSi.Ir/c1-11(2)12-6-7-23-17(8-12)14-4-3-5-15-19-16(22)9-13(21)10-18(19)24-20(14)15;1-12-6-8-14(9-7-12)15-10-13(2)16(11-17-15)18(3,4)5;/h3,5-11H,1-2H3;6-8,10-11H,1-5H3;/q2*-1;/i;1D3,2D3;. The number of furan rings is 1. The Labute approximate surface area is 275 Å². The fraction of sp³-hybridized carbons (Fsp3) is 0.222. The molecule has 0 unspecified atom stereocenters. The third-order valence-electron chi connectivity index (χ3n) is 6.96. The zero-order chi connectivity index (χ0) is 35.2. The van der Waals surface area contributed by atoms with E-state index in [1.54, 1.807) is 36.7 Å². The van der Waals surface area contributed by atoms with E-state index in [0.717, 1.165) is 16.8 Å². The molecule has 3 nitrogen and oxygen atoms in total. The van der Waals surface area contributed by atoms with E-state index in [-0.39, 0.29) is 36.6 Å². The normalized spacial score (nSPS) is 14.0. The molecule has 0 amide bonds. The summed E-state index contributed by atoms with van der Waals surface area (Å²) in [5.41, 5.74) is 4.71. The molecule has 0 saturated heterocycles. The molecular formula is C36H34F2IrN2OSi-2. The first-order chi connectivity index (χ1) is 22.3. The number of fused-ring (bicyclic) bond motifs is 3. The molecule has 0 fully saturated rings. The Balaban J connectivity index is 0.000000216. The van der Waals surface area contributed by atoms with Gasteiger partial charge in [0.05, 0.1) is 13.7 Å². The van der Waals surface area contributed by atoms with E-state index in [1.807, 2.05) is 12.1 Å². The van der Waals surface area contributed by atoms with E-state index in [2.05, 4.69) is 55.6 Å². The Morgan fingerprint density at radius 3 is 2.42 bits per heavy atom. The van der Waals surface area contributed by atoms with E-state index >= 15 is 0 Å². The summed E-state index contributed by atoms with van der Waals surface area (Å²) in [6.45, 7) is 6.04. The van der Waals surface area contributed by atoms with Gasteiger partial charge in [-0.3, -0.25) is 0 Å². The number of hydrogen-bond donors (Lipinski definition) is 0. The van der Waals surface area contributed by atoms with Crippen LogP contribution in [0.15, 0.2) is 77.5 Å². The molecule has 6 rings (SSSR count). The minimum absolute atomic E-state index is 0. The molecule has 1 radical (unpaired) electrons. The van der Waals surface area contributed by atoms with Crippen LogP contribution in [0, 0.1) is 37.5 Å². The van der Waals surface area contributed by atoms with Crippen LogP contribution in [-0.2, 0) is 20.1 Å². The Bertz CT molecular complexity index is 2110. The smallest absolute Gasteiger partial charge is 0.136 e. The van der Waals surface area contributed by atoms with E-state index in [0.29, 0.717) is 45.0 Å². The minimum Gasteiger partial charge on any atom is -0.500 e. The second-order valence-electron chi connectivity index (χ2n) is 11.4. The molecule has 0 N–H and O–H groups in total. The first-order valence-electron chi connectivity index (χ1n) is 16.6. The van der Waals surface area contributed by atoms with Crippen LogP contribution in [0.3, 0.4) is 0 Å². The van der Waals surface area contributed by atoms with Crippen LogP contribution in [0.4, 0.5) is 8.78 Å². The zero-order valence-corrected chi connectivity index (χ0v) is 27.8. The molecule has 0 saturated carbocycles. The summed E-state index contributed by atoms with van der Waals surface area (Å²) < 4.78 is 79.0. The number of hydrogen-bond acceptors (Lipinski definition) is 3. The zero-order valence-electron chi connectivity index (χ0n) is 30.4. The van der Waals surface area contributed by atoms with Crippen molar-refractivity contribution in [3.05, 3.63) is 114 Å². The Morgan fingerprint density at radius 2 is 1.74 bits per heavy atom. The average Bonchev–Trinajstić information content (AvgIpc) is 3.39. The van der Waals surface area contributed by atoms with Crippen molar-refractivity contribution in [3.8, 4) is 22.5 Å². The van der Waals surface area contributed by atoms with Crippen LogP contribution in [-0.4, -0.2) is 18.0 Å². The van der Waals surface area contributed by atoms with Gasteiger partial charge in [0, 0.05) is 58.2 Å². The largest absolute Gasteiger partial charge is 0.500 e. The Kier molecular flexibility index (Phi) is 7.52. The van der Waals surface area contributed by atoms with Crippen LogP contribution in [0.1, 0.15) is 44.7 Å². The van der Waals surface area contributed by atoms with Crippen molar-refractivity contribution in [2.75, 3.05) is 0 Å². The van der Waals surface area contributed by atoms with Gasteiger partial charge in [-0.15, -0.1) is 53.6 Å². The van der Waals surface area contributed by atoms with E-state index in [4.69, 9.17) is 12.6 Å². The van der Waals surface area contributed by atoms with E-state index < -0.39 is 33.4 Å². The van der Waals surface area contributed by atoms with Gasteiger partial charge in [0.1, 0.15) is 17.2 Å². The van der Waals surface area contributed by atoms with E-state index in [9.17, 15) is 8.78 Å². The maximum atomic E-state index is 14.2. The molecule has 6 aromatic rings. The SMILES string of the molecule is CC(C)c1ccnc(-c2[c-]ccc3c2oc2cc(F)cc(F)c23)c1.[2H]C([2H])([2H])c1c[c-]c(-c2cc(C([2H])([2H])[2H])c([Si](C)(C)C)cn2)cc1.[Ir]. The second-order valence-corrected chi connectivity index (χ2v) is 16.5. The van der Waals surface area contributed by atoms with Gasteiger partial charge in [-0.2, -0.15) is 0 Å². The maximum Gasteiger partial charge on any atom is 0.136 e. The second kappa shape index (κ2) is 13.0. The molecule has 0 aliphatic rings. The summed E-state index contributed by atoms with van der Waals surface area (Å²) in [6, 6.07) is 21.5. The number of aryl methyl sites for hydroxylation is 2. The van der Waals surface area contributed by atoms with Crippen LogP contribution >= 0.6 is 0 Å². The van der Waals surface area contributed by atoms with Crippen molar-refractivity contribution in [2.24, 2.45) is 0 Å². The fourth-order valence-electron chi connectivity index (χ4n) is 4.71. The monoisotopic (exact) mass is 775 g/mol. The van der Waals surface area contributed by atoms with Gasteiger partial charge in [-0.1, -0.05) is 74.5 Å². The Hall–Kier alpha value is -3.51. The van der Waals surface area contributed by atoms with Gasteiger partial charge in [-0.25, -0.2) is 8.78 Å². The molecule has 3 heterocycles. The number of halogens is 2. The van der Waals surface area contributed by atoms with Crippen molar-refractivity contribution in [1.82, 2.24) is 9.97 Å². The summed E-state index contributed by atoms with van der Waals surface area (Å²) in [7, 11) is -1.85. The number of aromatic nitrogens is 2. The number of rotatable bonds is 4. The Morgan fingerprint density at radius 1 is 0.930 bits per heavy atom. The third-order valence-corrected chi connectivity index (χ3v) is 8.97. The third kappa shape index (κ3) is 7.01. The molecule has 7 heteroatoms. The van der Waals surface area contributed by atoms with Crippen molar-refractivity contribution in [1.29, 1.82) is 0 Å². The van der Waals surface area contributed by atoms with Crippen LogP contribution in [0.25, 0.3) is 44.5 Å². The van der Waals surface area contributed by atoms with Gasteiger partial charge in [0.15, 0.2) is 0 Å². The molecule has 3 aromatic heterocycles. The molecule has 0 spiro atoms.